The van der Waals surface area contributed by atoms with Gasteiger partial charge in [0, 0.05) is 12.2 Å². The van der Waals surface area contributed by atoms with E-state index in [1.54, 1.807) is 0 Å². The van der Waals surface area contributed by atoms with Gasteiger partial charge in [0.05, 0.1) is 6.54 Å². The maximum atomic E-state index is 12.0. The van der Waals surface area contributed by atoms with Crippen molar-refractivity contribution in [3.8, 4) is 0 Å². The molecule has 2 rings (SSSR count). The van der Waals surface area contributed by atoms with Crippen molar-refractivity contribution in [3.63, 3.8) is 0 Å². The Morgan fingerprint density at radius 1 is 1.32 bits per heavy atom. The lowest BCUT2D eigenvalue weighted by Gasteiger charge is -2.23. The molecule has 0 aliphatic carbocycles. The average Bonchev–Trinajstić information content (AvgIpc) is 2.40. The minimum Gasteiger partial charge on any atom is -0.353 e. The Morgan fingerprint density at radius 2 is 2.00 bits per heavy atom. The van der Waals surface area contributed by atoms with Crippen molar-refractivity contribution in [2.75, 3.05) is 18.4 Å². The highest BCUT2D eigenvalue weighted by Crippen LogP contribution is 2.17. The first kappa shape index (κ1) is 13.5. The summed E-state index contributed by atoms with van der Waals surface area (Å²) in [4.78, 5) is 23.0. The molecule has 1 aliphatic rings. The fourth-order valence-corrected chi connectivity index (χ4v) is 1.93. The normalized spacial score (nSPS) is 19.1. The molecule has 0 spiro atoms. The van der Waals surface area contributed by atoms with Crippen LogP contribution in [0.1, 0.15) is 25.3 Å². The van der Waals surface area contributed by atoms with Crippen molar-refractivity contribution in [2.45, 2.75) is 25.8 Å². The van der Waals surface area contributed by atoms with Crippen LogP contribution >= 0.6 is 0 Å². The summed E-state index contributed by atoms with van der Waals surface area (Å²) in [7, 11) is 0. The first-order valence-corrected chi connectivity index (χ1v) is 6.47. The number of hydrogen-bond donors (Lipinski definition) is 3. The third-order valence-corrected chi connectivity index (χ3v) is 3.17. The van der Waals surface area contributed by atoms with Gasteiger partial charge in [0.1, 0.15) is 6.04 Å². The lowest BCUT2D eigenvalue weighted by Crippen LogP contribution is -2.56. The van der Waals surface area contributed by atoms with E-state index in [0.29, 0.717) is 12.5 Å². The molecule has 19 heavy (non-hydrogen) atoms. The van der Waals surface area contributed by atoms with Crippen molar-refractivity contribution in [3.05, 3.63) is 29.8 Å². The molecule has 1 saturated heterocycles. The molecule has 5 nitrogen and oxygen atoms in total. The SMILES string of the molecule is CC(C)c1ccc(NC(=O)C2CNC(=O)CN2)cc1. The number of rotatable bonds is 3. The molecule has 1 aliphatic heterocycles. The largest absolute Gasteiger partial charge is 0.353 e. The van der Waals surface area contributed by atoms with E-state index in [2.05, 4.69) is 29.8 Å². The van der Waals surface area contributed by atoms with Crippen molar-refractivity contribution in [1.29, 1.82) is 0 Å². The fourth-order valence-electron chi connectivity index (χ4n) is 1.93. The highest BCUT2D eigenvalue weighted by Gasteiger charge is 2.23. The second kappa shape index (κ2) is 5.84. The molecule has 5 heteroatoms. The van der Waals surface area contributed by atoms with Crippen LogP contribution in [-0.4, -0.2) is 30.9 Å². The average molecular weight is 261 g/mol. The van der Waals surface area contributed by atoms with E-state index in [1.165, 1.54) is 5.56 Å². The molecule has 0 bridgehead atoms. The zero-order valence-electron chi connectivity index (χ0n) is 11.2. The van der Waals surface area contributed by atoms with Crippen molar-refractivity contribution in [2.24, 2.45) is 0 Å². The Kier molecular flexibility index (Phi) is 4.16. The van der Waals surface area contributed by atoms with Gasteiger partial charge in [0.25, 0.3) is 0 Å². The first-order valence-electron chi connectivity index (χ1n) is 6.47. The van der Waals surface area contributed by atoms with Gasteiger partial charge < -0.3 is 10.6 Å². The van der Waals surface area contributed by atoms with Gasteiger partial charge in [-0.15, -0.1) is 0 Å². The quantitative estimate of drug-likeness (QED) is 0.755. The number of amides is 2. The van der Waals surface area contributed by atoms with E-state index in [9.17, 15) is 9.59 Å². The molecule has 0 aromatic heterocycles. The van der Waals surface area contributed by atoms with E-state index >= 15 is 0 Å². The molecular weight excluding hydrogens is 242 g/mol. The smallest absolute Gasteiger partial charge is 0.243 e. The maximum absolute atomic E-state index is 12.0. The number of anilines is 1. The summed E-state index contributed by atoms with van der Waals surface area (Å²) in [6.45, 7) is 4.77. The number of hydrogen-bond acceptors (Lipinski definition) is 3. The Balaban J connectivity index is 1.93. The second-order valence-corrected chi connectivity index (χ2v) is 5.00. The van der Waals surface area contributed by atoms with Gasteiger partial charge >= 0.3 is 0 Å². The molecule has 1 unspecified atom stereocenters. The number of carbonyl (C=O) groups is 2. The Hall–Kier alpha value is -1.88. The van der Waals surface area contributed by atoms with Gasteiger partial charge in [-0.25, -0.2) is 0 Å². The van der Waals surface area contributed by atoms with Crippen molar-refractivity contribution < 1.29 is 9.59 Å². The predicted octanol–water partition coefficient (Wildman–Crippen LogP) is 0.836. The first-order chi connectivity index (χ1) is 9.06. The van der Waals surface area contributed by atoms with Crippen LogP contribution in [0.4, 0.5) is 5.69 Å². The summed E-state index contributed by atoms with van der Waals surface area (Å²) >= 11 is 0. The summed E-state index contributed by atoms with van der Waals surface area (Å²) in [6, 6.07) is 7.44. The van der Waals surface area contributed by atoms with Gasteiger partial charge in [-0.05, 0) is 23.6 Å². The number of piperazine rings is 1. The van der Waals surface area contributed by atoms with E-state index in [-0.39, 0.29) is 24.4 Å². The van der Waals surface area contributed by atoms with Crippen LogP contribution in [0.5, 0.6) is 0 Å². The Labute approximate surface area is 112 Å². The van der Waals surface area contributed by atoms with Gasteiger partial charge in [-0.2, -0.15) is 0 Å². The highest BCUT2D eigenvalue weighted by atomic mass is 16.2. The van der Waals surface area contributed by atoms with Gasteiger partial charge in [-0.1, -0.05) is 26.0 Å². The summed E-state index contributed by atoms with van der Waals surface area (Å²) in [5.74, 6) is 0.266. The molecule has 3 N–H and O–H groups in total. The lowest BCUT2D eigenvalue weighted by atomic mass is 10.0. The summed E-state index contributed by atoms with van der Waals surface area (Å²) < 4.78 is 0. The number of benzene rings is 1. The molecule has 1 atom stereocenters. The van der Waals surface area contributed by atoms with E-state index in [1.807, 2.05) is 24.3 Å². The maximum Gasteiger partial charge on any atom is 0.243 e. The highest BCUT2D eigenvalue weighted by molar-refractivity contribution is 5.96. The summed E-state index contributed by atoms with van der Waals surface area (Å²) in [5.41, 5.74) is 2.01. The molecule has 102 valence electrons. The summed E-state index contributed by atoms with van der Waals surface area (Å²) in [6.07, 6.45) is 0. The van der Waals surface area contributed by atoms with Crippen LogP contribution in [0.25, 0.3) is 0 Å². The molecule has 0 radical (unpaired) electrons. The van der Waals surface area contributed by atoms with Crippen LogP contribution in [0.3, 0.4) is 0 Å². The van der Waals surface area contributed by atoms with Crippen molar-refractivity contribution in [1.82, 2.24) is 10.6 Å². The van der Waals surface area contributed by atoms with E-state index in [0.717, 1.165) is 5.69 Å². The van der Waals surface area contributed by atoms with Crippen LogP contribution in [-0.2, 0) is 9.59 Å². The lowest BCUT2D eigenvalue weighted by molar-refractivity contribution is -0.124. The topological polar surface area (TPSA) is 70.2 Å². The monoisotopic (exact) mass is 261 g/mol. The van der Waals surface area contributed by atoms with Gasteiger partial charge in [0.2, 0.25) is 11.8 Å². The zero-order valence-corrected chi connectivity index (χ0v) is 11.2. The third-order valence-electron chi connectivity index (χ3n) is 3.17. The molecule has 1 fully saturated rings. The minimum absolute atomic E-state index is 0.0784. The van der Waals surface area contributed by atoms with E-state index in [4.69, 9.17) is 0 Å². The van der Waals surface area contributed by atoms with Crippen molar-refractivity contribution >= 4 is 17.5 Å². The Bertz CT molecular complexity index is 458. The van der Waals surface area contributed by atoms with Gasteiger partial charge in [0.15, 0.2) is 0 Å². The fraction of sp³-hybridized carbons (Fsp3) is 0.429. The zero-order chi connectivity index (χ0) is 13.8. The predicted molar refractivity (Wildman–Crippen MR) is 74.0 cm³/mol. The molecule has 2 amide bonds. The van der Waals surface area contributed by atoms with Crippen LogP contribution in [0, 0.1) is 0 Å². The third kappa shape index (κ3) is 3.54. The molecule has 1 aromatic rings. The van der Waals surface area contributed by atoms with Crippen LogP contribution in [0.15, 0.2) is 24.3 Å². The molecule has 1 aromatic carbocycles. The Morgan fingerprint density at radius 3 is 2.53 bits per heavy atom. The minimum atomic E-state index is -0.373. The standard InChI is InChI=1S/C14H19N3O2/c1-9(2)10-3-5-11(6-4-10)17-14(19)12-7-16-13(18)8-15-12/h3-6,9,12,15H,7-8H2,1-2H3,(H,16,18)(H,17,19). The molecule has 1 heterocycles. The van der Waals surface area contributed by atoms with E-state index < -0.39 is 0 Å². The second-order valence-electron chi connectivity index (χ2n) is 5.00. The molecular formula is C14H19N3O2. The number of nitrogens with one attached hydrogen (secondary N) is 3. The van der Waals surface area contributed by atoms with Crippen LogP contribution < -0.4 is 16.0 Å². The van der Waals surface area contributed by atoms with Gasteiger partial charge in [-0.3, -0.25) is 14.9 Å². The molecule has 0 saturated carbocycles. The van der Waals surface area contributed by atoms with Crippen LogP contribution in [0.2, 0.25) is 0 Å². The summed E-state index contributed by atoms with van der Waals surface area (Å²) in [5, 5.41) is 8.39. The number of carbonyl (C=O) groups excluding carboxylic acids is 2.